The predicted octanol–water partition coefficient (Wildman–Crippen LogP) is 2.51. The van der Waals surface area contributed by atoms with E-state index in [1.54, 1.807) is 0 Å². The summed E-state index contributed by atoms with van der Waals surface area (Å²) in [5, 5.41) is 5.88. The van der Waals surface area contributed by atoms with Gasteiger partial charge in [-0.05, 0) is 37.5 Å². The monoisotopic (exact) mass is 309 g/mol. The minimum atomic E-state index is -0.0645. The molecule has 2 fully saturated rings. The molecule has 1 saturated heterocycles. The molecule has 3 amide bonds. The van der Waals surface area contributed by atoms with Crippen molar-refractivity contribution in [3.63, 3.8) is 0 Å². The van der Waals surface area contributed by atoms with Gasteiger partial charge in [-0.3, -0.25) is 4.79 Å². The molecule has 1 heterocycles. The standard InChI is InChI=1S/C17H31N3O2/c1-2-14-6-8-15(9-7-14)13-19-17(22)18-10-4-12-20-11-3-5-16(20)21/h14-15H,2-13H2,1H3,(H2,18,19,22). The Labute approximate surface area is 134 Å². The Kier molecular flexibility index (Phi) is 7.00. The number of hydrogen-bond donors (Lipinski definition) is 2. The van der Waals surface area contributed by atoms with Crippen molar-refractivity contribution < 1.29 is 9.59 Å². The van der Waals surface area contributed by atoms with Gasteiger partial charge in [0.1, 0.15) is 0 Å². The quantitative estimate of drug-likeness (QED) is 0.710. The number of amides is 3. The minimum absolute atomic E-state index is 0.0645. The molecule has 0 atom stereocenters. The molecule has 0 aromatic rings. The second-order valence-electron chi connectivity index (χ2n) is 6.77. The van der Waals surface area contributed by atoms with Crippen LogP contribution in [0.25, 0.3) is 0 Å². The van der Waals surface area contributed by atoms with E-state index in [4.69, 9.17) is 0 Å². The summed E-state index contributed by atoms with van der Waals surface area (Å²) >= 11 is 0. The number of carbonyl (C=O) groups is 2. The van der Waals surface area contributed by atoms with Crippen LogP contribution < -0.4 is 10.6 Å². The number of hydrogen-bond acceptors (Lipinski definition) is 2. The second-order valence-corrected chi connectivity index (χ2v) is 6.77. The molecule has 5 nitrogen and oxygen atoms in total. The van der Waals surface area contributed by atoms with Crippen molar-refractivity contribution >= 4 is 11.9 Å². The van der Waals surface area contributed by atoms with E-state index in [2.05, 4.69) is 17.6 Å². The van der Waals surface area contributed by atoms with Gasteiger partial charge in [-0.1, -0.05) is 26.2 Å². The van der Waals surface area contributed by atoms with Crippen LogP contribution in [0.1, 0.15) is 58.3 Å². The van der Waals surface area contributed by atoms with Crippen molar-refractivity contribution in [2.75, 3.05) is 26.2 Å². The van der Waals surface area contributed by atoms with E-state index in [0.717, 1.165) is 38.4 Å². The fourth-order valence-electron chi connectivity index (χ4n) is 3.56. The first-order valence-corrected chi connectivity index (χ1v) is 8.98. The van der Waals surface area contributed by atoms with Crippen molar-refractivity contribution in [1.82, 2.24) is 15.5 Å². The zero-order valence-corrected chi connectivity index (χ0v) is 13.9. The number of nitrogens with zero attached hydrogens (tertiary/aromatic N) is 1. The summed E-state index contributed by atoms with van der Waals surface area (Å²) in [4.78, 5) is 25.1. The first kappa shape index (κ1) is 17.1. The molecule has 0 bridgehead atoms. The summed E-state index contributed by atoms with van der Waals surface area (Å²) in [6, 6.07) is -0.0645. The van der Waals surface area contributed by atoms with Crippen LogP contribution in [0.15, 0.2) is 0 Å². The maximum Gasteiger partial charge on any atom is 0.314 e. The van der Waals surface area contributed by atoms with Gasteiger partial charge in [0.05, 0.1) is 0 Å². The average molecular weight is 309 g/mol. The predicted molar refractivity (Wildman–Crippen MR) is 87.6 cm³/mol. The fraction of sp³-hybridized carbons (Fsp3) is 0.882. The first-order chi connectivity index (χ1) is 10.7. The minimum Gasteiger partial charge on any atom is -0.343 e. The van der Waals surface area contributed by atoms with Crippen LogP contribution >= 0.6 is 0 Å². The van der Waals surface area contributed by atoms with Gasteiger partial charge in [-0.25, -0.2) is 4.79 Å². The summed E-state index contributed by atoms with van der Waals surface area (Å²) in [7, 11) is 0. The lowest BCUT2D eigenvalue weighted by molar-refractivity contribution is -0.127. The summed E-state index contributed by atoms with van der Waals surface area (Å²) in [5.74, 6) is 1.81. The maximum atomic E-state index is 11.8. The molecule has 0 spiro atoms. The molecule has 126 valence electrons. The van der Waals surface area contributed by atoms with Gasteiger partial charge < -0.3 is 15.5 Å². The lowest BCUT2D eigenvalue weighted by atomic mass is 9.81. The Morgan fingerprint density at radius 3 is 2.55 bits per heavy atom. The fourth-order valence-corrected chi connectivity index (χ4v) is 3.56. The van der Waals surface area contributed by atoms with E-state index in [1.165, 1.54) is 32.1 Å². The van der Waals surface area contributed by atoms with Gasteiger partial charge in [0.15, 0.2) is 0 Å². The molecule has 2 rings (SSSR count). The zero-order valence-electron chi connectivity index (χ0n) is 13.9. The van der Waals surface area contributed by atoms with E-state index in [-0.39, 0.29) is 11.9 Å². The van der Waals surface area contributed by atoms with E-state index in [9.17, 15) is 9.59 Å². The van der Waals surface area contributed by atoms with Crippen molar-refractivity contribution in [2.45, 2.75) is 58.3 Å². The highest BCUT2D eigenvalue weighted by Crippen LogP contribution is 2.29. The van der Waals surface area contributed by atoms with Crippen LogP contribution in [0.5, 0.6) is 0 Å². The molecule has 1 aliphatic heterocycles. The third kappa shape index (κ3) is 5.50. The zero-order chi connectivity index (χ0) is 15.8. The maximum absolute atomic E-state index is 11.8. The Morgan fingerprint density at radius 1 is 1.18 bits per heavy atom. The molecule has 0 aromatic carbocycles. The van der Waals surface area contributed by atoms with Gasteiger partial charge in [0.2, 0.25) is 5.91 Å². The van der Waals surface area contributed by atoms with Gasteiger partial charge in [-0.15, -0.1) is 0 Å². The molecule has 2 aliphatic rings. The van der Waals surface area contributed by atoms with Crippen molar-refractivity contribution in [2.24, 2.45) is 11.8 Å². The lowest BCUT2D eigenvalue weighted by Crippen LogP contribution is -2.40. The van der Waals surface area contributed by atoms with Crippen LogP contribution in [-0.2, 0) is 4.79 Å². The number of carbonyl (C=O) groups excluding carboxylic acids is 2. The molecule has 2 N–H and O–H groups in total. The second kappa shape index (κ2) is 9.01. The van der Waals surface area contributed by atoms with Crippen molar-refractivity contribution in [1.29, 1.82) is 0 Å². The van der Waals surface area contributed by atoms with Crippen LogP contribution in [-0.4, -0.2) is 43.0 Å². The van der Waals surface area contributed by atoms with Crippen LogP contribution in [0.4, 0.5) is 4.79 Å². The van der Waals surface area contributed by atoms with Crippen molar-refractivity contribution in [3.05, 3.63) is 0 Å². The number of nitrogens with one attached hydrogen (secondary N) is 2. The molecule has 0 unspecified atom stereocenters. The van der Waals surface area contributed by atoms with E-state index >= 15 is 0 Å². The topological polar surface area (TPSA) is 61.4 Å². The summed E-state index contributed by atoms with van der Waals surface area (Å²) in [6.45, 7) is 5.35. The molecule has 0 aromatic heterocycles. The summed E-state index contributed by atoms with van der Waals surface area (Å²) in [6.07, 6.45) is 8.91. The first-order valence-electron chi connectivity index (χ1n) is 8.98. The summed E-state index contributed by atoms with van der Waals surface area (Å²) in [5.41, 5.74) is 0. The Balaban J connectivity index is 1.48. The van der Waals surface area contributed by atoms with Gasteiger partial charge in [-0.2, -0.15) is 0 Å². The van der Waals surface area contributed by atoms with Gasteiger partial charge >= 0.3 is 6.03 Å². The normalized spacial score (nSPS) is 25.3. The molecule has 1 saturated carbocycles. The average Bonchev–Trinajstić information content (AvgIpc) is 2.95. The molecule has 1 aliphatic carbocycles. The smallest absolute Gasteiger partial charge is 0.314 e. The van der Waals surface area contributed by atoms with E-state index < -0.39 is 0 Å². The largest absolute Gasteiger partial charge is 0.343 e. The highest BCUT2D eigenvalue weighted by Gasteiger charge is 2.20. The van der Waals surface area contributed by atoms with Crippen LogP contribution in [0.2, 0.25) is 0 Å². The van der Waals surface area contributed by atoms with Crippen LogP contribution in [0, 0.1) is 11.8 Å². The van der Waals surface area contributed by atoms with E-state index in [1.807, 2.05) is 4.90 Å². The molecule has 22 heavy (non-hydrogen) atoms. The van der Waals surface area contributed by atoms with E-state index in [0.29, 0.717) is 18.9 Å². The Hall–Kier alpha value is -1.26. The number of likely N-dealkylation sites (tertiary alicyclic amines) is 1. The molecule has 0 radical (unpaired) electrons. The summed E-state index contributed by atoms with van der Waals surface area (Å²) < 4.78 is 0. The van der Waals surface area contributed by atoms with Gasteiger partial charge in [0.25, 0.3) is 0 Å². The molecule has 5 heteroatoms. The molecular formula is C17H31N3O2. The lowest BCUT2D eigenvalue weighted by Gasteiger charge is -2.27. The Morgan fingerprint density at radius 2 is 1.91 bits per heavy atom. The number of urea groups is 1. The number of rotatable bonds is 7. The molecular weight excluding hydrogens is 278 g/mol. The highest BCUT2D eigenvalue weighted by molar-refractivity contribution is 5.78. The third-order valence-corrected chi connectivity index (χ3v) is 5.16. The van der Waals surface area contributed by atoms with Gasteiger partial charge in [0, 0.05) is 32.6 Å². The highest BCUT2D eigenvalue weighted by atomic mass is 16.2. The Bertz CT molecular complexity index is 365. The third-order valence-electron chi connectivity index (χ3n) is 5.16. The van der Waals surface area contributed by atoms with Crippen molar-refractivity contribution in [3.8, 4) is 0 Å². The van der Waals surface area contributed by atoms with Crippen LogP contribution in [0.3, 0.4) is 0 Å². The SMILES string of the molecule is CCC1CCC(CNC(=O)NCCCN2CCCC2=O)CC1.